The predicted molar refractivity (Wildman–Crippen MR) is 85.1 cm³/mol. The van der Waals surface area contributed by atoms with Crippen LogP contribution in [0.5, 0.6) is 0 Å². The summed E-state index contributed by atoms with van der Waals surface area (Å²) in [5.41, 5.74) is 6.60. The largest absolute Gasteiger partial charge is 0.329 e. The van der Waals surface area contributed by atoms with Crippen molar-refractivity contribution in [3.8, 4) is 0 Å². The Bertz CT molecular complexity index is 432. The van der Waals surface area contributed by atoms with Crippen LogP contribution in [0, 0.1) is 11.7 Å². The molecule has 0 spiro atoms. The number of likely N-dealkylation sites (N-methyl/N-ethyl adjacent to an activating group) is 1. The first-order valence-corrected chi connectivity index (χ1v) is 8.26. The molecule has 2 rings (SSSR count). The first-order valence-electron chi connectivity index (χ1n) is 7.47. The van der Waals surface area contributed by atoms with Gasteiger partial charge in [0.05, 0.1) is 0 Å². The van der Waals surface area contributed by atoms with Crippen LogP contribution in [0.2, 0.25) is 0 Å². The van der Waals surface area contributed by atoms with Gasteiger partial charge in [0.25, 0.3) is 0 Å². The summed E-state index contributed by atoms with van der Waals surface area (Å²) in [6.07, 6.45) is 6.61. The third kappa shape index (κ3) is 4.03. The van der Waals surface area contributed by atoms with E-state index in [4.69, 9.17) is 5.73 Å². The fourth-order valence-electron chi connectivity index (χ4n) is 3.22. The number of hydrogen-bond acceptors (Lipinski definition) is 2. The van der Waals surface area contributed by atoms with Gasteiger partial charge in [-0.15, -0.1) is 0 Å². The van der Waals surface area contributed by atoms with Crippen molar-refractivity contribution in [2.75, 3.05) is 20.1 Å². The second-order valence-electron chi connectivity index (χ2n) is 5.86. The molecule has 1 fully saturated rings. The van der Waals surface area contributed by atoms with Crippen molar-refractivity contribution in [3.05, 3.63) is 34.1 Å². The molecule has 1 atom stereocenters. The third-order valence-corrected chi connectivity index (χ3v) is 4.84. The Morgan fingerprint density at radius 2 is 2.05 bits per heavy atom. The maximum absolute atomic E-state index is 14.0. The van der Waals surface area contributed by atoms with Crippen LogP contribution in [0.3, 0.4) is 0 Å². The van der Waals surface area contributed by atoms with Crippen LogP contribution in [0.15, 0.2) is 22.7 Å². The van der Waals surface area contributed by atoms with E-state index in [1.807, 2.05) is 6.07 Å². The number of hydrogen-bond donors (Lipinski definition) is 1. The lowest BCUT2D eigenvalue weighted by Gasteiger charge is -2.32. The summed E-state index contributed by atoms with van der Waals surface area (Å²) in [5, 5.41) is 0. The third-order valence-electron chi connectivity index (χ3n) is 4.34. The van der Waals surface area contributed by atoms with Gasteiger partial charge < -0.3 is 5.73 Å². The number of rotatable bonds is 5. The SMILES string of the molecule is CN(CC1CCCCC1)C(CN)c1cc(Br)ccc1F. The monoisotopic (exact) mass is 342 g/mol. The van der Waals surface area contributed by atoms with Crippen molar-refractivity contribution in [2.45, 2.75) is 38.1 Å². The highest BCUT2D eigenvalue weighted by atomic mass is 79.9. The van der Waals surface area contributed by atoms with Crippen LogP contribution in [0.1, 0.15) is 43.7 Å². The first-order chi connectivity index (χ1) is 9.61. The molecule has 1 saturated carbocycles. The Kier molecular flexibility index (Phi) is 6.00. The predicted octanol–water partition coefficient (Wildman–Crippen LogP) is 4.10. The van der Waals surface area contributed by atoms with Gasteiger partial charge in [-0.2, -0.15) is 0 Å². The zero-order chi connectivity index (χ0) is 14.5. The molecule has 0 aromatic heterocycles. The molecular weight excluding hydrogens is 319 g/mol. The lowest BCUT2D eigenvalue weighted by molar-refractivity contribution is 0.183. The van der Waals surface area contributed by atoms with Crippen LogP contribution in [-0.2, 0) is 0 Å². The molecule has 2 nitrogen and oxygen atoms in total. The van der Waals surface area contributed by atoms with Crippen molar-refractivity contribution in [1.82, 2.24) is 4.90 Å². The molecule has 1 aromatic rings. The van der Waals surface area contributed by atoms with Crippen LogP contribution < -0.4 is 5.73 Å². The van der Waals surface area contributed by atoms with Gasteiger partial charge in [-0.05, 0) is 44.0 Å². The summed E-state index contributed by atoms with van der Waals surface area (Å²) in [4.78, 5) is 2.22. The number of nitrogens with two attached hydrogens (primary N) is 1. The highest BCUT2D eigenvalue weighted by Crippen LogP contribution is 2.29. The van der Waals surface area contributed by atoms with E-state index in [-0.39, 0.29) is 11.9 Å². The smallest absolute Gasteiger partial charge is 0.128 e. The maximum atomic E-state index is 14.0. The van der Waals surface area contributed by atoms with E-state index < -0.39 is 0 Å². The second-order valence-corrected chi connectivity index (χ2v) is 6.78. The molecule has 1 unspecified atom stereocenters. The molecule has 0 radical (unpaired) electrons. The van der Waals surface area contributed by atoms with Crippen molar-refractivity contribution >= 4 is 15.9 Å². The van der Waals surface area contributed by atoms with E-state index in [1.165, 1.54) is 38.2 Å². The molecule has 0 heterocycles. The first kappa shape index (κ1) is 15.9. The molecule has 0 aliphatic heterocycles. The van der Waals surface area contributed by atoms with Crippen LogP contribution in [0.25, 0.3) is 0 Å². The summed E-state index contributed by atoms with van der Waals surface area (Å²) in [6.45, 7) is 1.45. The maximum Gasteiger partial charge on any atom is 0.128 e. The fourth-order valence-corrected chi connectivity index (χ4v) is 3.60. The van der Waals surface area contributed by atoms with E-state index in [0.717, 1.165) is 16.9 Å². The Hall–Kier alpha value is -0.450. The summed E-state index contributed by atoms with van der Waals surface area (Å²) >= 11 is 3.42. The minimum absolute atomic E-state index is 0.0468. The Balaban J connectivity index is 2.07. The van der Waals surface area contributed by atoms with Gasteiger partial charge in [-0.3, -0.25) is 4.90 Å². The summed E-state index contributed by atoms with van der Waals surface area (Å²) in [6, 6.07) is 5.04. The number of benzene rings is 1. The molecule has 2 N–H and O–H groups in total. The highest BCUT2D eigenvalue weighted by Gasteiger charge is 2.23. The van der Waals surface area contributed by atoms with Crippen molar-refractivity contribution in [2.24, 2.45) is 11.7 Å². The van der Waals surface area contributed by atoms with Crippen molar-refractivity contribution < 1.29 is 4.39 Å². The van der Waals surface area contributed by atoms with Gasteiger partial charge in [0.15, 0.2) is 0 Å². The van der Waals surface area contributed by atoms with E-state index in [9.17, 15) is 4.39 Å². The molecule has 1 aliphatic rings. The molecule has 0 saturated heterocycles. The van der Waals surface area contributed by atoms with Crippen LogP contribution >= 0.6 is 15.9 Å². The molecule has 0 amide bonds. The van der Waals surface area contributed by atoms with Crippen LogP contribution in [0.4, 0.5) is 4.39 Å². The van der Waals surface area contributed by atoms with E-state index in [2.05, 4.69) is 27.9 Å². The molecule has 112 valence electrons. The van der Waals surface area contributed by atoms with E-state index in [0.29, 0.717) is 12.1 Å². The molecule has 1 aliphatic carbocycles. The molecule has 0 bridgehead atoms. The average Bonchev–Trinajstić information content (AvgIpc) is 2.44. The number of nitrogens with zero attached hydrogens (tertiary/aromatic N) is 1. The fraction of sp³-hybridized carbons (Fsp3) is 0.625. The van der Waals surface area contributed by atoms with Gasteiger partial charge in [0.1, 0.15) is 5.82 Å². The van der Waals surface area contributed by atoms with Crippen LogP contribution in [-0.4, -0.2) is 25.0 Å². The number of halogens is 2. The zero-order valence-electron chi connectivity index (χ0n) is 12.1. The highest BCUT2D eigenvalue weighted by molar-refractivity contribution is 9.10. The van der Waals surface area contributed by atoms with Gasteiger partial charge in [-0.1, -0.05) is 35.2 Å². The molecule has 4 heteroatoms. The van der Waals surface area contributed by atoms with Gasteiger partial charge in [-0.25, -0.2) is 4.39 Å². The summed E-state index contributed by atoms with van der Waals surface area (Å²) in [7, 11) is 2.06. The minimum atomic E-state index is -0.167. The van der Waals surface area contributed by atoms with Gasteiger partial charge in [0.2, 0.25) is 0 Å². The van der Waals surface area contributed by atoms with Gasteiger partial charge >= 0.3 is 0 Å². The topological polar surface area (TPSA) is 29.3 Å². The molecule has 20 heavy (non-hydrogen) atoms. The quantitative estimate of drug-likeness (QED) is 0.872. The Morgan fingerprint density at radius 1 is 1.35 bits per heavy atom. The summed E-state index contributed by atoms with van der Waals surface area (Å²) in [5.74, 6) is 0.567. The van der Waals surface area contributed by atoms with Crippen molar-refractivity contribution in [3.63, 3.8) is 0 Å². The standard InChI is InChI=1S/C16H24BrFN2/c1-20(11-12-5-3-2-4-6-12)16(10-19)14-9-13(17)7-8-15(14)18/h7-9,12,16H,2-6,10-11,19H2,1H3. The zero-order valence-corrected chi connectivity index (χ0v) is 13.7. The van der Waals surface area contributed by atoms with Crippen molar-refractivity contribution in [1.29, 1.82) is 0 Å². The van der Waals surface area contributed by atoms with E-state index >= 15 is 0 Å². The second kappa shape index (κ2) is 7.53. The lowest BCUT2D eigenvalue weighted by atomic mass is 9.88. The molecule has 1 aromatic carbocycles. The molecular formula is C16H24BrFN2. The minimum Gasteiger partial charge on any atom is -0.329 e. The Labute approximate surface area is 129 Å². The van der Waals surface area contributed by atoms with Gasteiger partial charge in [0, 0.05) is 29.2 Å². The lowest BCUT2D eigenvalue weighted by Crippen LogP contribution is -2.35. The normalized spacial score (nSPS) is 18.4. The van der Waals surface area contributed by atoms with E-state index in [1.54, 1.807) is 6.07 Å². The Morgan fingerprint density at radius 3 is 2.70 bits per heavy atom. The summed E-state index contributed by atoms with van der Waals surface area (Å²) < 4.78 is 14.9. The average molecular weight is 343 g/mol.